The molecule has 2 nitrogen and oxygen atoms in total. The molecule has 0 atom stereocenters. The summed E-state index contributed by atoms with van der Waals surface area (Å²) in [6.07, 6.45) is 35.9. The summed E-state index contributed by atoms with van der Waals surface area (Å²) in [6, 6.07) is 14.8. The Balaban J connectivity index is 2.13. The number of benzene rings is 2. The molecule has 53 heavy (non-hydrogen) atoms. The van der Waals surface area contributed by atoms with Crippen LogP contribution in [0.4, 0.5) is 0 Å². The fraction of sp³-hybridized carbons (Fsp3) is 0.686. The van der Waals surface area contributed by atoms with Gasteiger partial charge in [-0.15, -0.1) is 0 Å². The van der Waals surface area contributed by atoms with E-state index in [0.29, 0.717) is 0 Å². The van der Waals surface area contributed by atoms with E-state index in [0.717, 1.165) is 49.9 Å². The number of allylic oxidation sites excluding steroid dienone is 2. The van der Waals surface area contributed by atoms with Crippen LogP contribution in [0.15, 0.2) is 47.5 Å². The molecular weight excluding hydrogens is 641 g/mol. The van der Waals surface area contributed by atoms with Gasteiger partial charge in [-0.05, 0) is 124 Å². The zero-order valence-corrected chi connectivity index (χ0v) is 35.9. The maximum atomic E-state index is 12.7. The van der Waals surface area contributed by atoms with Gasteiger partial charge in [0, 0.05) is 22.3 Å². The van der Waals surface area contributed by atoms with E-state index >= 15 is 0 Å². The number of unbranched alkanes of at least 4 members (excludes halogenated alkanes) is 17. The van der Waals surface area contributed by atoms with Crippen molar-refractivity contribution < 1.29 is 4.70 Å². The molecule has 1 aliphatic rings. The molecule has 1 heterocycles. The number of hydrogen-bond donors (Lipinski definition) is 0. The summed E-state index contributed by atoms with van der Waals surface area (Å²) in [5.74, 6) is 0. The van der Waals surface area contributed by atoms with Gasteiger partial charge in [-0.3, -0.25) is 0 Å². The molecule has 2 aromatic carbocycles. The second-order valence-electron chi connectivity index (χ2n) is 16.6. The second kappa shape index (κ2) is 27.2. The number of hydrogen-bond acceptors (Lipinski definition) is 0. The van der Waals surface area contributed by atoms with E-state index in [-0.39, 0.29) is 0 Å². The maximum absolute atomic E-state index is 12.7. The SMILES string of the molecule is CCCCCCCCc1cc(CCCCCCCC)cc(C2=C(CCCCCC)C(CCCCC)=C(c3cc(CCCC)cc(CCCC)c3)[N+]2=[N-])c1. The minimum absolute atomic E-state index is 1.04. The number of rotatable bonds is 31. The lowest BCUT2D eigenvalue weighted by atomic mass is 9.89. The van der Waals surface area contributed by atoms with E-state index in [1.54, 1.807) is 4.70 Å². The van der Waals surface area contributed by atoms with E-state index in [4.69, 9.17) is 0 Å². The molecule has 2 heteroatoms. The van der Waals surface area contributed by atoms with Gasteiger partial charge in [0.15, 0.2) is 0 Å². The summed E-state index contributed by atoms with van der Waals surface area (Å²) < 4.78 is 1.69. The summed E-state index contributed by atoms with van der Waals surface area (Å²) in [4.78, 5) is 0. The first-order valence-corrected chi connectivity index (χ1v) is 23.2. The van der Waals surface area contributed by atoms with Crippen LogP contribution < -0.4 is 0 Å². The lowest BCUT2D eigenvalue weighted by Crippen LogP contribution is -2.05. The first kappa shape index (κ1) is 44.9. The molecular formula is C51H82N2. The van der Waals surface area contributed by atoms with Crippen LogP contribution >= 0.6 is 0 Å². The van der Waals surface area contributed by atoms with Gasteiger partial charge in [0.2, 0.25) is 11.4 Å². The molecule has 0 bridgehead atoms. The summed E-state index contributed by atoms with van der Waals surface area (Å²) in [5.41, 5.74) is 26.0. The molecule has 0 spiro atoms. The lowest BCUT2D eigenvalue weighted by molar-refractivity contribution is -0.345. The Morgan fingerprint density at radius 3 is 0.962 bits per heavy atom. The van der Waals surface area contributed by atoms with Crippen LogP contribution in [-0.4, -0.2) is 4.70 Å². The van der Waals surface area contributed by atoms with Gasteiger partial charge < -0.3 is 5.53 Å². The summed E-state index contributed by atoms with van der Waals surface area (Å²) in [5, 5.41) is 0. The van der Waals surface area contributed by atoms with Crippen molar-refractivity contribution >= 4 is 11.4 Å². The van der Waals surface area contributed by atoms with Gasteiger partial charge in [-0.25, -0.2) is 4.70 Å². The predicted octanol–water partition coefficient (Wildman–Crippen LogP) is 16.9. The van der Waals surface area contributed by atoms with Gasteiger partial charge in [-0.2, -0.15) is 0 Å². The number of aryl methyl sites for hydroxylation is 4. The molecule has 0 N–H and O–H groups in total. The van der Waals surface area contributed by atoms with Crippen LogP contribution in [-0.2, 0) is 25.7 Å². The Kier molecular flexibility index (Phi) is 23.0. The molecule has 1 aliphatic heterocycles. The highest BCUT2D eigenvalue weighted by atomic mass is 15.2. The minimum Gasteiger partial charge on any atom is -0.493 e. The van der Waals surface area contributed by atoms with Crippen molar-refractivity contribution in [1.82, 2.24) is 0 Å². The molecule has 3 rings (SSSR count). The van der Waals surface area contributed by atoms with Gasteiger partial charge in [0.25, 0.3) is 0 Å². The first-order chi connectivity index (χ1) is 26.0. The molecule has 296 valence electrons. The van der Waals surface area contributed by atoms with Crippen LogP contribution in [0.5, 0.6) is 0 Å². The largest absolute Gasteiger partial charge is 0.493 e. The molecule has 0 saturated carbocycles. The Morgan fingerprint density at radius 1 is 0.321 bits per heavy atom. The average molecular weight is 723 g/mol. The third-order valence-corrected chi connectivity index (χ3v) is 11.6. The maximum Gasteiger partial charge on any atom is 0.211 e. The van der Waals surface area contributed by atoms with Crippen LogP contribution in [0, 0.1) is 0 Å². The molecule has 0 fully saturated rings. The van der Waals surface area contributed by atoms with Crippen molar-refractivity contribution in [3.63, 3.8) is 0 Å². The average Bonchev–Trinajstić information content (AvgIpc) is 3.44. The van der Waals surface area contributed by atoms with Crippen molar-refractivity contribution in [2.45, 2.75) is 228 Å². The highest BCUT2D eigenvalue weighted by molar-refractivity contribution is 5.82. The molecule has 2 aromatic rings. The Hall–Kier alpha value is -2.48. The highest BCUT2D eigenvalue weighted by Gasteiger charge is 2.35. The molecule has 0 saturated heterocycles. The fourth-order valence-electron chi connectivity index (χ4n) is 8.42. The van der Waals surface area contributed by atoms with Gasteiger partial charge in [0.1, 0.15) is 0 Å². The lowest BCUT2D eigenvalue weighted by Gasteiger charge is -2.15. The topological polar surface area (TPSA) is 25.3 Å². The van der Waals surface area contributed by atoms with E-state index in [2.05, 4.69) is 77.9 Å². The van der Waals surface area contributed by atoms with Crippen LogP contribution in [0.3, 0.4) is 0 Å². The molecule has 0 unspecified atom stereocenters. The smallest absolute Gasteiger partial charge is 0.211 e. The quantitative estimate of drug-likeness (QED) is 0.0547. The second-order valence-corrected chi connectivity index (χ2v) is 16.6. The first-order valence-electron chi connectivity index (χ1n) is 23.2. The van der Waals surface area contributed by atoms with Crippen molar-refractivity contribution in [3.8, 4) is 0 Å². The normalized spacial score (nSPS) is 13.3. The van der Waals surface area contributed by atoms with Crippen molar-refractivity contribution in [2.75, 3.05) is 0 Å². The zero-order valence-electron chi connectivity index (χ0n) is 35.9. The Labute approximate surface area is 329 Å². The van der Waals surface area contributed by atoms with Gasteiger partial charge in [-0.1, -0.05) is 163 Å². The molecule has 0 aliphatic carbocycles. The van der Waals surface area contributed by atoms with Gasteiger partial charge >= 0.3 is 0 Å². The predicted molar refractivity (Wildman–Crippen MR) is 235 cm³/mol. The Morgan fingerprint density at radius 2 is 0.585 bits per heavy atom. The van der Waals surface area contributed by atoms with E-state index in [1.165, 1.54) is 192 Å². The van der Waals surface area contributed by atoms with E-state index < -0.39 is 0 Å². The van der Waals surface area contributed by atoms with Crippen molar-refractivity contribution in [2.24, 2.45) is 0 Å². The summed E-state index contributed by atoms with van der Waals surface area (Å²) in [7, 11) is 0. The third kappa shape index (κ3) is 15.7. The summed E-state index contributed by atoms with van der Waals surface area (Å²) in [6.45, 7) is 13.8. The third-order valence-electron chi connectivity index (χ3n) is 11.6. The standard InChI is InChI=1S/C51H82N2/c1-7-13-19-22-24-27-32-44-37-45(33-28-25-23-20-14-8-2)41-47(40-44)51-49(35-29-21-15-9-3)48(34-26-16-10-4)50(53(51)52)46-38-42(30-17-11-5)36-43(39-46)31-18-12-6/h36-41H,7-35H2,1-6H3. The Bertz CT molecular complexity index is 1330. The van der Waals surface area contributed by atoms with Crippen LogP contribution in [0.2, 0.25) is 0 Å². The van der Waals surface area contributed by atoms with Crippen LogP contribution in [0.25, 0.3) is 16.9 Å². The van der Waals surface area contributed by atoms with Crippen LogP contribution in [0.1, 0.15) is 235 Å². The molecule has 0 amide bonds. The zero-order chi connectivity index (χ0) is 38.1. The van der Waals surface area contributed by atoms with Crippen molar-refractivity contribution in [3.05, 3.63) is 86.5 Å². The molecule has 0 radical (unpaired) electrons. The number of nitrogens with zero attached hydrogens (tertiary/aromatic N) is 2. The molecule has 0 aromatic heterocycles. The van der Waals surface area contributed by atoms with E-state index in [9.17, 15) is 5.53 Å². The fourth-order valence-corrected chi connectivity index (χ4v) is 8.42. The highest BCUT2D eigenvalue weighted by Crippen LogP contribution is 2.45. The summed E-state index contributed by atoms with van der Waals surface area (Å²) >= 11 is 0. The van der Waals surface area contributed by atoms with Gasteiger partial charge in [0.05, 0.1) is 0 Å². The van der Waals surface area contributed by atoms with Crippen molar-refractivity contribution in [1.29, 1.82) is 0 Å². The van der Waals surface area contributed by atoms with E-state index in [1.807, 2.05) is 0 Å². The minimum atomic E-state index is 1.04. The monoisotopic (exact) mass is 723 g/mol.